The van der Waals surface area contributed by atoms with Crippen molar-refractivity contribution in [2.24, 2.45) is 7.05 Å². The van der Waals surface area contributed by atoms with Crippen LogP contribution in [0.4, 0.5) is 5.69 Å². The van der Waals surface area contributed by atoms with Gasteiger partial charge in [-0.05, 0) is 24.6 Å². The second kappa shape index (κ2) is 8.16. The van der Waals surface area contributed by atoms with Gasteiger partial charge in [-0.3, -0.25) is 14.3 Å². The zero-order valence-electron chi connectivity index (χ0n) is 16.5. The average molecular weight is 426 g/mol. The van der Waals surface area contributed by atoms with E-state index in [1.54, 1.807) is 59.2 Å². The van der Waals surface area contributed by atoms with Crippen LogP contribution < -0.4 is 15.0 Å². The first-order valence-corrected chi connectivity index (χ1v) is 9.76. The van der Waals surface area contributed by atoms with Crippen molar-refractivity contribution in [3.8, 4) is 5.88 Å². The molecular weight excluding hydrogens is 406 g/mol. The first-order valence-electron chi connectivity index (χ1n) is 9.38. The fourth-order valence-electron chi connectivity index (χ4n) is 3.58. The number of rotatable bonds is 4. The lowest BCUT2D eigenvalue weighted by atomic mass is 10.0. The SMILES string of the molecule is COc1ccc(C(=O)N2CCC(NC(=O)c3ccccc3Cl)c3c2cnn3C)cn1. The summed E-state index contributed by atoms with van der Waals surface area (Å²) in [5.41, 5.74) is 2.28. The Hall–Kier alpha value is -3.39. The van der Waals surface area contributed by atoms with Gasteiger partial charge in [0.2, 0.25) is 5.88 Å². The van der Waals surface area contributed by atoms with Gasteiger partial charge in [-0.15, -0.1) is 0 Å². The molecular formula is C21H20ClN5O3. The van der Waals surface area contributed by atoms with Crippen molar-refractivity contribution >= 4 is 29.1 Å². The van der Waals surface area contributed by atoms with Crippen molar-refractivity contribution in [3.05, 3.63) is 70.6 Å². The third-order valence-corrected chi connectivity index (χ3v) is 5.42. The number of fused-ring (bicyclic) bond motifs is 1. The van der Waals surface area contributed by atoms with Crippen LogP contribution in [0.2, 0.25) is 5.02 Å². The Morgan fingerprint density at radius 3 is 2.70 bits per heavy atom. The number of halogens is 1. The van der Waals surface area contributed by atoms with E-state index in [-0.39, 0.29) is 17.9 Å². The maximum atomic E-state index is 13.1. The largest absolute Gasteiger partial charge is 0.481 e. The van der Waals surface area contributed by atoms with Gasteiger partial charge in [-0.25, -0.2) is 4.98 Å². The summed E-state index contributed by atoms with van der Waals surface area (Å²) in [5, 5.41) is 7.72. The molecule has 8 nitrogen and oxygen atoms in total. The van der Waals surface area contributed by atoms with Gasteiger partial charge in [0.25, 0.3) is 11.8 Å². The number of benzene rings is 1. The molecule has 9 heteroatoms. The molecule has 30 heavy (non-hydrogen) atoms. The molecule has 0 aliphatic carbocycles. The van der Waals surface area contributed by atoms with Crippen LogP contribution in [0.5, 0.6) is 5.88 Å². The predicted molar refractivity (Wildman–Crippen MR) is 112 cm³/mol. The Bertz CT molecular complexity index is 1100. The smallest absolute Gasteiger partial charge is 0.259 e. The summed E-state index contributed by atoms with van der Waals surface area (Å²) in [7, 11) is 3.31. The highest BCUT2D eigenvalue weighted by Crippen LogP contribution is 2.34. The lowest BCUT2D eigenvalue weighted by molar-refractivity contribution is 0.0931. The van der Waals surface area contributed by atoms with Crippen LogP contribution in [-0.4, -0.2) is 40.2 Å². The number of pyridine rings is 1. The van der Waals surface area contributed by atoms with Gasteiger partial charge >= 0.3 is 0 Å². The Balaban J connectivity index is 1.59. The second-order valence-electron chi connectivity index (χ2n) is 6.88. The van der Waals surface area contributed by atoms with E-state index in [0.29, 0.717) is 40.7 Å². The number of nitrogens with zero attached hydrogens (tertiary/aromatic N) is 4. The van der Waals surface area contributed by atoms with Gasteiger partial charge in [0.15, 0.2) is 0 Å². The summed E-state index contributed by atoms with van der Waals surface area (Å²) in [6.45, 7) is 0.428. The Kier molecular flexibility index (Phi) is 5.41. The molecule has 0 fully saturated rings. The molecule has 0 saturated heterocycles. The molecule has 1 aliphatic heterocycles. The average Bonchev–Trinajstić information content (AvgIpc) is 3.16. The van der Waals surface area contributed by atoms with Crippen molar-refractivity contribution in [1.29, 1.82) is 0 Å². The minimum absolute atomic E-state index is 0.185. The summed E-state index contributed by atoms with van der Waals surface area (Å²) in [6, 6.07) is 9.92. The molecule has 1 unspecified atom stereocenters. The van der Waals surface area contributed by atoms with E-state index in [1.807, 2.05) is 0 Å². The maximum absolute atomic E-state index is 13.1. The van der Waals surface area contributed by atoms with Crippen molar-refractivity contribution in [2.75, 3.05) is 18.6 Å². The zero-order chi connectivity index (χ0) is 21.3. The van der Waals surface area contributed by atoms with Crippen molar-refractivity contribution in [3.63, 3.8) is 0 Å². The lowest BCUT2D eigenvalue weighted by Gasteiger charge is -2.32. The van der Waals surface area contributed by atoms with Crippen LogP contribution in [0.15, 0.2) is 48.8 Å². The van der Waals surface area contributed by atoms with Crippen LogP contribution >= 0.6 is 11.6 Å². The van der Waals surface area contributed by atoms with Crippen molar-refractivity contribution in [1.82, 2.24) is 20.1 Å². The van der Waals surface area contributed by atoms with Crippen LogP contribution in [0.1, 0.15) is 38.9 Å². The number of carbonyl (C=O) groups excluding carboxylic acids is 2. The number of aromatic nitrogens is 3. The normalized spacial score (nSPS) is 15.4. The molecule has 3 aromatic rings. The number of amides is 2. The molecule has 2 aromatic heterocycles. The number of carbonyl (C=O) groups is 2. The van der Waals surface area contributed by atoms with Crippen LogP contribution in [0, 0.1) is 0 Å². The first kappa shape index (κ1) is 19.9. The first-order chi connectivity index (χ1) is 14.5. The molecule has 2 amide bonds. The molecule has 0 bridgehead atoms. The summed E-state index contributed by atoms with van der Waals surface area (Å²) >= 11 is 6.16. The van der Waals surface area contributed by atoms with Gasteiger partial charge in [0.1, 0.15) is 0 Å². The van der Waals surface area contributed by atoms with Gasteiger partial charge in [-0.2, -0.15) is 5.10 Å². The molecule has 3 heterocycles. The van der Waals surface area contributed by atoms with E-state index < -0.39 is 0 Å². The molecule has 1 atom stereocenters. The highest BCUT2D eigenvalue weighted by molar-refractivity contribution is 6.33. The molecule has 0 saturated carbocycles. The number of hydrogen-bond acceptors (Lipinski definition) is 5. The van der Waals surface area contributed by atoms with E-state index >= 15 is 0 Å². The molecule has 0 radical (unpaired) electrons. The highest BCUT2D eigenvalue weighted by Gasteiger charge is 2.33. The fourth-order valence-corrected chi connectivity index (χ4v) is 3.80. The number of aryl methyl sites for hydroxylation is 1. The molecule has 1 aliphatic rings. The molecule has 154 valence electrons. The van der Waals surface area contributed by atoms with Crippen molar-refractivity contribution < 1.29 is 14.3 Å². The van der Waals surface area contributed by atoms with Gasteiger partial charge in [0.05, 0.1) is 46.9 Å². The van der Waals surface area contributed by atoms with Gasteiger partial charge in [0, 0.05) is 25.9 Å². The maximum Gasteiger partial charge on any atom is 0.259 e. The lowest BCUT2D eigenvalue weighted by Crippen LogP contribution is -2.41. The fraction of sp³-hybridized carbons (Fsp3) is 0.238. The molecule has 0 spiro atoms. The predicted octanol–water partition coefficient (Wildman–Crippen LogP) is 3.00. The van der Waals surface area contributed by atoms with Crippen molar-refractivity contribution in [2.45, 2.75) is 12.5 Å². The third-order valence-electron chi connectivity index (χ3n) is 5.09. The summed E-state index contributed by atoms with van der Waals surface area (Å²) in [4.78, 5) is 31.6. The monoisotopic (exact) mass is 425 g/mol. The van der Waals surface area contributed by atoms with E-state index in [0.717, 1.165) is 5.69 Å². The van der Waals surface area contributed by atoms with E-state index in [9.17, 15) is 9.59 Å². The Labute approximate surface area is 178 Å². The quantitative estimate of drug-likeness (QED) is 0.694. The third kappa shape index (κ3) is 3.61. The number of methoxy groups -OCH3 is 1. The highest BCUT2D eigenvalue weighted by atomic mass is 35.5. The van der Waals surface area contributed by atoms with Crippen LogP contribution in [0.3, 0.4) is 0 Å². The summed E-state index contributed by atoms with van der Waals surface area (Å²) in [6.07, 6.45) is 3.67. The molecule has 1 N–H and O–H groups in total. The Morgan fingerprint density at radius 2 is 2.00 bits per heavy atom. The van der Waals surface area contributed by atoms with Gasteiger partial charge in [-0.1, -0.05) is 23.7 Å². The van der Waals surface area contributed by atoms with Crippen LogP contribution in [0.25, 0.3) is 0 Å². The van der Waals surface area contributed by atoms with E-state index in [4.69, 9.17) is 16.3 Å². The summed E-state index contributed by atoms with van der Waals surface area (Å²) < 4.78 is 6.73. The van der Waals surface area contributed by atoms with Crippen LogP contribution in [-0.2, 0) is 7.05 Å². The summed E-state index contributed by atoms with van der Waals surface area (Å²) in [5.74, 6) is -0.0122. The number of hydrogen-bond donors (Lipinski definition) is 1. The Morgan fingerprint density at radius 1 is 1.20 bits per heavy atom. The number of nitrogens with one attached hydrogen (secondary N) is 1. The van der Waals surface area contributed by atoms with E-state index in [2.05, 4.69) is 15.4 Å². The minimum Gasteiger partial charge on any atom is -0.481 e. The standard InChI is InChI=1S/C21H20ClN5O3/c1-26-19-16(25-20(28)14-5-3-4-6-15(14)22)9-10-27(17(19)12-24-26)21(29)13-7-8-18(30-2)23-11-13/h3-8,11-12,16H,9-10H2,1-2H3,(H,25,28). The van der Waals surface area contributed by atoms with Gasteiger partial charge < -0.3 is 15.0 Å². The van der Waals surface area contributed by atoms with E-state index in [1.165, 1.54) is 13.3 Å². The number of ether oxygens (including phenoxy) is 1. The minimum atomic E-state index is -0.297. The number of anilines is 1. The molecule has 1 aromatic carbocycles. The second-order valence-corrected chi connectivity index (χ2v) is 7.29. The zero-order valence-corrected chi connectivity index (χ0v) is 17.3. The molecule has 4 rings (SSSR count). The topological polar surface area (TPSA) is 89.4 Å².